The highest BCUT2D eigenvalue weighted by Crippen LogP contribution is 2.22. The SMILES string of the molecule is C[C@@H]1CN(S(=O)(=O)N2CCN(C(=O)c3cc(-c4cccnc4)on3)CC2)C[C@@H](C)O1. The number of piperazine rings is 1. The van der Waals surface area contributed by atoms with Crippen LogP contribution in [0.3, 0.4) is 0 Å². The molecule has 2 aliphatic heterocycles. The zero-order valence-corrected chi connectivity index (χ0v) is 17.8. The van der Waals surface area contributed by atoms with Crippen LogP contribution in [0, 0.1) is 0 Å². The molecule has 2 fully saturated rings. The molecule has 2 aromatic heterocycles. The van der Waals surface area contributed by atoms with Crippen molar-refractivity contribution in [1.29, 1.82) is 0 Å². The lowest BCUT2D eigenvalue weighted by Crippen LogP contribution is -2.57. The van der Waals surface area contributed by atoms with Gasteiger partial charge < -0.3 is 14.2 Å². The fourth-order valence-corrected chi connectivity index (χ4v) is 5.53. The number of ether oxygens (including phenoxy) is 1. The van der Waals surface area contributed by atoms with E-state index in [1.54, 1.807) is 29.4 Å². The van der Waals surface area contributed by atoms with Gasteiger partial charge in [0.25, 0.3) is 16.1 Å². The summed E-state index contributed by atoms with van der Waals surface area (Å²) < 4.78 is 39.8. The van der Waals surface area contributed by atoms with E-state index < -0.39 is 10.2 Å². The second kappa shape index (κ2) is 8.42. The van der Waals surface area contributed by atoms with E-state index in [9.17, 15) is 13.2 Å². The lowest BCUT2D eigenvalue weighted by atomic mass is 10.2. The van der Waals surface area contributed by atoms with Gasteiger partial charge in [0, 0.05) is 63.3 Å². The van der Waals surface area contributed by atoms with Crippen molar-refractivity contribution in [2.75, 3.05) is 39.3 Å². The minimum Gasteiger partial charge on any atom is -0.373 e. The molecule has 0 bridgehead atoms. The maximum Gasteiger partial charge on any atom is 0.282 e. The first-order valence-electron chi connectivity index (χ1n) is 9.91. The summed E-state index contributed by atoms with van der Waals surface area (Å²) in [5, 5.41) is 3.88. The monoisotopic (exact) mass is 435 g/mol. The van der Waals surface area contributed by atoms with Gasteiger partial charge in [-0.1, -0.05) is 5.16 Å². The van der Waals surface area contributed by atoms with Gasteiger partial charge in [-0.3, -0.25) is 9.78 Å². The maximum atomic E-state index is 13.0. The lowest BCUT2D eigenvalue weighted by Gasteiger charge is -2.40. The third kappa shape index (κ3) is 4.24. The summed E-state index contributed by atoms with van der Waals surface area (Å²) in [7, 11) is -3.59. The van der Waals surface area contributed by atoms with Crippen LogP contribution in [0.4, 0.5) is 0 Å². The largest absolute Gasteiger partial charge is 0.373 e. The van der Waals surface area contributed by atoms with Crippen LogP contribution >= 0.6 is 0 Å². The van der Waals surface area contributed by atoms with E-state index in [0.29, 0.717) is 31.9 Å². The molecule has 1 amide bonds. The second-order valence-corrected chi connectivity index (χ2v) is 9.52. The summed E-state index contributed by atoms with van der Waals surface area (Å²) in [6.45, 7) is 5.47. The van der Waals surface area contributed by atoms with E-state index in [2.05, 4.69) is 10.1 Å². The Labute approximate surface area is 175 Å². The molecule has 162 valence electrons. The van der Waals surface area contributed by atoms with E-state index in [1.807, 2.05) is 19.9 Å². The molecule has 11 heteroatoms. The van der Waals surface area contributed by atoms with Crippen LogP contribution in [-0.4, -0.2) is 89.5 Å². The highest BCUT2D eigenvalue weighted by atomic mass is 32.2. The van der Waals surface area contributed by atoms with Gasteiger partial charge >= 0.3 is 0 Å². The number of amides is 1. The number of nitrogens with zero attached hydrogens (tertiary/aromatic N) is 5. The fourth-order valence-electron chi connectivity index (χ4n) is 3.79. The minimum atomic E-state index is -3.59. The highest BCUT2D eigenvalue weighted by molar-refractivity contribution is 7.86. The zero-order chi connectivity index (χ0) is 21.3. The summed E-state index contributed by atoms with van der Waals surface area (Å²) in [6, 6.07) is 5.17. The number of carbonyl (C=O) groups excluding carboxylic acids is 1. The number of carbonyl (C=O) groups is 1. The molecule has 4 heterocycles. The summed E-state index contributed by atoms with van der Waals surface area (Å²) in [5.41, 5.74) is 0.926. The van der Waals surface area contributed by atoms with Gasteiger partial charge in [-0.25, -0.2) is 0 Å². The lowest BCUT2D eigenvalue weighted by molar-refractivity contribution is -0.0457. The van der Waals surface area contributed by atoms with Crippen molar-refractivity contribution in [3.05, 3.63) is 36.3 Å². The number of hydrogen-bond acceptors (Lipinski definition) is 7. The van der Waals surface area contributed by atoms with E-state index in [-0.39, 0.29) is 36.9 Å². The molecule has 0 N–H and O–H groups in total. The van der Waals surface area contributed by atoms with Gasteiger partial charge in [0.2, 0.25) is 0 Å². The van der Waals surface area contributed by atoms with E-state index in [1.165, 1.54) is 8.61 Å². The first-order valence-corrected chi connectivity index (χ1v) is 11.3. The fraction of sp³-hybridized carbons (Fsp3) is 0.526. The molecule has 0 radical (unpaired) electrons. The maximum absolute atomic E-state index is 13.0. The van der Waals surface area contributed by atoms with Crippen molar-refractivity contribution in [2.45, 2.75) is 26.1 Å². The van der Waals surface area contributed by atoms with Gasteiger partial charge in [-0.15, -0.1) is 0 Å². The van der Waals surface area contributed by atoms with E-state index in [4.69, 9.17) is 9.26 Å². The Hall–Kier alpha value is -2.34. The summed E-state index contributed by atoms with van der Waals surface area (Å²) in [5.74, 6) is 0.183. The van der Waals surface area contributed by atoms with Crippen molar-refractivity contribution in [2.24, 2.45) is 0 Å². The molecule has 0 spiro atoms. The Morgan fingerprint density at radius 1 is 1.10 bits per heavy atom. The summed E-state index contributed by atoms with van der Waals surface area (Å²) >= 11 is 0. The van der Waals surface area contributed by atoms with Crippen LogP contribution in [-0.2, 0) is 14.9 Å². The van der Waals surface area contributed by atoms with Gasteiger partial charge in [-0.05, 0) is 26.0 Å². The standard InChI is InChI=1S/C19H25N5O5S/c1-14-12-24(13-15(2)28-14)30(26,27)23-8-6-22(7-9-23)19(25)17-10-18(29-21-17)16-4-3-5-20-11-16/h3-5,10-11,14-15H,6-9,12-13H2,1-2H3/t14-,15-/m1/s1. The van der Waals surface area contributed by atoms with Gasteiger partial charge in [0.15, 0.2) is 11.5 Å². The van der Waals surface area contributed by atoms with Gasteiger partial charge in [0.1, 0.15) is 0 Å². The quantitative estimate of drug-likeness (QED) is 0.700. The molecule has 0 aromatic carbocycles. The highest BCUT2D eigenvalue weighted by Gasteiger charge is 2.37. The molecule has 0 unspecified atom stereocenters. The summed E-state index contributed by atoms with van der Waals surface area (Å²) in [4.78, 5) is 18.4. The predicted molar refractivity (Wildman–Crippen MR) is 108 cm³/mol. The molecule has 10 nitrogen and oxygen atoms in total. The smallest absolute Gasteiger partial charge is 0.282 e. The molecule has 30 heavy (non-hydrogen) atoms. The van der Waals surface area contributed by atoms with Crippen LogP contribution in [0.15, 0.2) is 35.1 Å². The molecule has 4 rings (SSSR count). The third-order valence-corrected chi connectivity index (χ3v) is 7.21. The topological polar surface area (TPSA) is 109 Å². The number of morpholine rings is 1. The first-order chi connectivity index (χ1) is 14.3. The Balaban J connectivity index is 1.38. The predicted octanol–water partition coefficient (Wildman–Crippen LogP) is 0.848. The third-order valence-electron chi connectivity index (χ3n) is 5.24. The van der Waals surface area contributed by atoms with Crippen LogP contribution in [0.1, 0.15) is 24.3 Å². The number of aromatic nitrogens is 2. The van der Waals surface area contributed by atoms with Crippen LogP contribution in [0.5, 0.6) is 0 Å². The van der Waals surface area contributed by atoms with Crippen LogP contribution in [0.25, 0.3) is 11.3 Å². The van der Waals surface area contributed by atoms with Crippen LogP contribution < -0.4 is 0 Å². The van der Waals surface area contributed by atoms with Crippen molar-refractivity contribution < 1.29 is 22.5 Å². The van der Waals surface area contributed by atoms with Crippen molar-refractivity contribution in [1.82, 2.24) is 23.7 Å². The number of hydrogen-bond donors (Lipinski definition) is 0. The van der Waals surface area contributed by atoms with E-state index in [0.717, 1.165) is 5.56 Å². The van der Waals surface area contributed by atoms with Crippen molar-refractivity contribution >= 4 is 16.1 Å². The average Bonchev–Trinajstić information content (AvgIpc) is 3.23. The Morgan fingerprint density at radius 2 is 1.80 bits per heavy atom. The molecular weight excluding hydrogens is 410 g/mol. The normalized spacial score (nSPS) is 24.1. The Morgan fingerprint density at radius 3 is 2.43 bits per heavy atom. The van der Waals surface area contributed by atoms with Crippen molar-refractivity contribution in [3.8, 4) is 11.3 Å². The molecule has 2 aromatic rings. The molecule has 0 aliphatic carbocycles. The van der Waals surface area contributed by atoms with E-state index >= 15 is 0 Å². The zero-order valence-electron chi connectivity index (χ0n) is 17.0. The number of rotatable bonds is 4. The first kappa shape index (κ1) is 20.9. The molecule has 2 aliphatic rings. The molecular formula is C19H25N5O5S. The molecule has 0 saturated carbocycles. The molecule has 2 saturated heterocycles. The Bertz CT molecular complexity index is 978. The number of pyridine rings is 1. The second-order valence-electron chi connectivity index (χ2n) is 7.59. The van der Waals surface area contributed by atoms with Crippen molar-refractivity contribution in [3.63, 3.8) is 0 Å². The van der Waals surface area contributed by atoms with Gasteiger partial charge in [-0.2, -0.15) is 17.0 Å². The summed E-state index contributed by atoms with van der Waals surface area (Å²) in [6.07, 6.45) is 2.99. The minimum absolute atomic E-state index is 0.146. The van der Waals surface area contributed by atoms with Gasteiger partial charge in [0.05, 0.1) is 12.2 Å². The average molecular weight is 436 g/mol. The van der Waals surface area contributed by atoms with Crippen LogP contribution in [0.2, 0.25) is 0 Å². The Kier molecular flexibility index (Phi) is 5.87. The molecule has 2 atom stereocenters.